The molecule has 2 rings (SSSR count). The minimum Gasteiger partial charge on any atom is -0.352 e. The summed E-state index contributed by atoms with van der Waals surface area (Å²) in [6, 6.07) is 0.414. The van der Waals surface area contributed by atoms with E-state index in [2.05, 4.69) is 10.3 Å². The van der Waals surface area contributed by atoms with Gasteiger partial charge in [0, 0.05) is 17.9 Å². The van der Waals surface area contributed by atoms with Crippen molar-refractivity contribution in [3.05, 3.63) is 16.7 Å². The van der Waals surface area contributed by atoms with Gasteiger partial charge in [0.15, 0.2) is 4.77 Å². The number of carbonyl (C=O) groups excluding carboxylic acids is 1. The van der Waals surface area contributed by atoms with Crippen LogP contribution in [0.25, 0.3) is 0 Å². The number of amides is 1. The van der Waals surface area contributed by atoms with Crippen molar-refractivity contribution in [1.29, 1.82) is 0 Å². The monoisotopic (exact) mass is 211 g/mol. The second-order valence-electron chi connectivity index (χ2n) is 3.71. The quantitative estimate of drug-likeness (QED) is 0.736. The Hall–Kier alpha value is -1.10. The highest BCUT2D eigenvalue weighted by molar-refractivity contribution is 7.71. The molecule has 0 radical (unpaired) electrons. The van der Waals surface area contributed by atoms with Crippen molar-refractivity contribution < 1.29 is 4.79 Å². The third kappa shape index (κ3) is 2.23. The van der Waals surface area contributed by atoms with Crippen molar-refractivity contribution in [1.82, 2.24) is 14.9 Å². The van der Waals surface area contributed by atoms with Crippen LogP contribution in [0.3, 0.4) is 0 Å². The van der Waals surface area contributed by atoms with Gasteiger partial charge in [0.05, 0.1) is 0 Å². The van der Waals surface area contributed by atoms with Gasteiger partial charge in [-0.25, -0.2) is 0 Å². The topological polar surface area (TPSA) is 49.8 Å². The second-order valence-corrected chi connectivity index (χ2v) is 4.10. The van der Waals surface area contributed by atoms with Crippen molar-refractivity contribution in [2.75, 3.05) is 0 Å². The van der Waals surface area contributed by atoms with Crippen LogP contribution >= 0.6 is 12.2 Å². The van der Waals surface area contributed by atoms with Crippen LogP contribution in [-0.2, 0) is 11.3 Å². The minimum atomic E-state index is 0.0441. The van der Waals surface area contributed by atoms with Gasteiger partial charge < -0.3 is 14.9 Å². The van der Waals surface area contributed by atoms with Gasteiger partial charge in [0.1, 0.15) is 6.54 Å². The predicted octanol–water partition coefficient (Wildman–Crippen LogP) is 1.13. The van der Waals surface area contributed by atoms with Gasteiger partial charge >= 0.3 is 0 Å². The highest BCUT2D eigenvalue weighted by atomic mass is 32.1. The molecule has 0 aliphatic heterocycles. The van der Waals surface area contributed by atoms with Crippen LogP contribution in [-0.4, -0.2) is 21.5 Å². The van der Waals surface area contributed by atoms with E-state index in [-0.39, 0.29) is 5.91 Å². The first-order chi connectivity index (χ1) is 6.65. The molecule has 0 saturated heterocycles. The van der Waals surface area contributed by atoms with E-state index in [0.717, 1.165) is 18.5 Å². The molecule has 1 aliphatic carbocycles. The highest BCUT2D eigenvalue weighted by Crippen LogP contribution is 2.18. The molecule has 1 amide bonds. The average molecular weight is 211 g/mol. The molecule has 1 aliphatic rings. The van der Waals surface area contributed by atoms with Gasteiger partial charge in [-0.3, -0.25) is 4.79 Å². The molecule has 4 nitrogen and oxygen atoms in total. The van der Waals surface area contributed by atoms with Crippen molar-refractivity contribution >= 4 is 18.1 Å². The van der Waals surface area contributed by atoms with E-state index < -0.39 is 0 Å². The molecule has 0 unspecified atom stereocenters. The lowest BCUT2D eigenvalue weighted by Gasteiger charge is -2.03. The molecule has 1 heterocycles. The number of hydrogen-bond donors (Lipinski definition) is 2. The maximum atomic E-state index is 11.4. The zero-order valence-electron chi connectivity index (χ0n) is 8.04. The van der Waals surface area contributed by atoms with Crippen molar-refractivity contribution in [3.63, 3.8) is 0 Å². The molecule has 2 N–H and O–H groups in total. The van der Waals surface area contributed by atoms with Crippen LogP contribution in [0.5, 0.6) is 0 Å². The van der Waals surface area contributed by atoms with E-state index in [0.29, 0.717) is 17.4 Å². The summed E-state index contributed by atoms with van der Waals surface area (Å²) in [7, 11) is 0. The molecule has 0 atom stereocenters. The largest absolute Gasteiger partial charge is 0.352 e. The number of nitrogens with one attached hydrogen (secondary N) is 2. The zero-order chi connectivity index (χ0) is 10.1. The first kappa shape index (κ1) is 9.45. The van der Waals surface area contributed by atoms with Gasteiger partial charge in [0.25, 0.3) is 0 Å². The van der Waals surface area contributed by atoms with E-state index in [4.69, 9.17) is 12.2 Å². The van der Waals surface area contributed by atoms with E-state index in [1.165, 1.54) is 0 Å². The predicted molar refractivity (Wildman–Crippen MR) is 55.5 cm³/mol. The number of hydrogen-bond acceptors (Lipinski definition) is 2. The normalized spacial score (nSPS) is 15.5. The van der Waals surface area contributed by atoms with Crippen LogP contribution in [0.15, 0.2) is 6.20 Å². The standard InChI is InChI=1S/C9H13N3OS/c1-6-4-12(9(14)10-6)5-8(13)11-7-2-3-7/h4,7H,2-3,5H2,1H3,(H,10,14)(H,11,13). The summed E-state index contributed by atoms with van der Waals surface area (Å²) in [5, 5.41) is 2.92. The molecular formula is C9H13N3OS. The maximum absolute atomic E-state index is 11.4. The maximum Gasteiger partial charge on any atom is 0.240 e. The third-order valence-corrected chi connectivity index (χ3v) is 2.51. The molecule has 1 fully saturated rings. The number of carbonyl (C=O) groups is 1. The zero-order valence-corrected chi connectivity index (χ0v) is 8.86. The van der Waals surface area contributed by atoms with Crippen LogP contribution in [0.1, 0.15) is 18.5 Å². The van der Waals surface area contributed by atoms with Gasteiger partial charge in [-0.05, 0) is 32.0 Å². The number of aromatic nitrogens is 2. The van der Waals surface area contributed by atoms with Crippen LogP contribution < -0.4 is 5.32 Å². The second kappa shape index (κ2) is 3.57. The lowest BCUT2D eigenvalue weighted by atomic mass is 10.5. The Labute approximate surface area is 87.3 Å². The average Bonchev–Trinajstić information content (AvgIpc) is 2.81. The number of H-pyrrole nitrogens is 1. The van der Waals surface area contributed by atoms with Gasteiger partial charge in [0.2, 0.25) is 5.91 Å². The molecule has 76 valence electrons. The lowest BCUT2D eigenvalue weighted by molar-refractivity contribution is -0.121. The smallest absolute Gasteiger partial charge is 0.240 e. The fourth-order valence-electron chi connectivity index (χ4n) is 1.34. The molecule has 1 aromatic heterocycles. The summed E-state index contributed by atoms with van der Waals surface area (Å²) in [6.45, 7) is 2.24. The number of aryl methyl sites for hydroxylation is 1. The number of nitrogens with zero attached hydrogens (tertiary/aromatic N) is 1. The summed E-state index contributed by atoms with van der Waals surface area (Å²) in [5.74, 6) is 0.0441. The first-order valence-electron chi connectivity index (χ1n) is 4.70. The first-order valence-corrected chi connectivity index (χ1v) is 5.11. The summed E-state index contributed by atoms with van der Waals surface area (Å²) in [6.07, 6.45) is 4.08. The molecule has 0 aromatic carbocycles. The van der Waals surface area contributed by atoms with Crippen LogP contribution in [0.2, 0.25) is 0 Å². The Morgan fingerprint density at radius 1 is 1.79 bits per heavy atom. The van der Waals surface area contributed by atoms with E-state index in [9.17, 15) is 4.79 Å². The molecule has 0 bridgehead atoms. The highest BCUT2D eigenvalue weighted by Gasteiger charge is 2.23. The van der Waals surface area contributed by atoms with Gasteiger partial charge in [-0.1, -0.05) is 0 Å². The van der Waals surface area contributed by atoms with E-state index in [1.807, 2.05) is 13.1 Å². The fraction of sp³-hybridized carbons (Fsp3) is 0.556. The molecule has 1 saturated carbocycles. The molecule has 14 heavy (non-hydrogen) atoms. The fourth-order valence-corrected chi connectivity index (χ4v) is 1.62. The van der Waals surface area contributed by atoms with Crippen LogP contribution in [0.4, 0.5) is 0 Å². The summed E-state index contributed by atoms with van der Waals surface area (Å²) in [5.41, 5.74) is 0.981. The summed E-state index contributed by atoms with van der Waals surface area (Å²) >= 11 is 5.05. The van der Waals surface area contributed by atoms with Gasteiger partial charge in [-0.2, -0.15) is 0 Å². The Morgan fingerprint density at radius 3 is 3.00 bits per heavy atom. The molecule has 5 heteroatoms. The van der Waals surface area contributed by atoms with Crippen LogP contribution in [0, 0.1) is 11.7 Å². The number of imidazole rings is 1. The number of aromatic amines is 1. The minimum absolute atomic E-state index is 0.0441. The molecule has 1 aromatic rings. The molecule has 0 spiro atoms. The Bertz CT molecular complexity index is 402. The summed E-state index contributed by atoms with van der Waals surface area (Å²) < 4.78 is 2.36. The number of rotatable bonds is 3. The summed E-state index contributed by atoms with van der Waals surface area (Å²) in [4.78, 5) is 14.4. The lowest BCUT2D eigenvalue weighted by Crippen LogP contribution is -2.29. The Balaban J connectivity index is 1.98. The van der Waals surface area contributed by atoms with Crippen molar-refractivity contribution in [3.8, 4) is 0 Å². The van der Waals surface area contributed by atoms with Crippen molar-refractivity contribution in [2.24, 2.45) is 0 Å². The van der Waals surface area contributed by atoms with E-state index >= 15 is 0 Å². The van der Waals surface area contributed by atoms with Gasteiger partial charge in [-0.15, -0.1) is 0 Å². The SMILES string of the molecule is Cc1cn(CC(=O)NC2CC2)c(=S)[nH]1. The van der Waals surface area contributed by atoms with Crippen molar-refractivity contribution in [2.45, 2.75) is 32.4 Å². The Morgan fingerprint density at radius 2 is 2.50 bits per heavy atom. The third-order valence-electron chi connectivity index (χ3n) is 2.17. The Kier molecular flexibility index (Phi) is 2.41. The van der Waals surface area contributed by atoms with E-state index in [1.54, 1.807) is 4.57 Å². The molecular weight excluding hydrogens is 198 g/mol.